The maximum atomic E-state index is 14.5. The number of nitrogens with one attached hydrogen (secondary N) is 9. The summed E-state index contributed by atoms with van der Waals surface area (Å²) in [6, 6.07) is -2.53. The van der Waals surface area contributed by atoms with Crippen LogP contribution in [-0.2, 0) is 80.0 Å². The number of nitrogens with two attached hydrogens (primary N) is 5. The minimum atomic E-state index is -1.90. The Morgan fingerprint density at radius 3 is 1.27 bits per heavy atom. The van der Waals surface area contributed by atoms with Gasteiger partial charge in [-0.2, -0.15) is 0 Å². The maximum absolute atomic E-state index is 14.5. The number of unbranched alkanes of at least 4 members (excludes halogenated alkanes) is 2. The van der Waals surface area contributed by atoms with Gasteiger partial charge in [-0.15, -0.1) is 0 Å². The zero-order valence-corrected chi connectivity index (χ0v) is 51.7. The number of benzene rings is 2. The molecule has 0 bridgehead atoms. The van der Waals surface area contributed by atoms with Crippen LogP contribution in [0.3, 0.4) is 0 Å². The normalized spacial score (nSPS) is 14.7. The first kappa shape index (κ1) is 78.8. The molecule has 0 saturated carbocycles. The van der Waals surface area contributed by atoms with Crippen molar-refractivity contribution in [3.8, 4) is 5.75 Å². The number of primary amides is 2. The van der Waals surface area contributed by atoms with Crippen LogP contribution in [0, 0.1) is 5.92 Å². The van der Waals surface area contributed by atoms with Gasteiger partial charge < -0.3 is 102 Å². The van der Waals surface area contributed by atoms with Crippen LogP contribution in [-0.4, -0.2) is 188 Å². The number of carbonyl (C=O) groups is 14. The minimum absolute atomic E-state index is 0.0227. The molecule has 510 valence electrons. The highest BCUT2D eigenvalue weighted by molar-refractivity contribution is 6.00. The molecule has 0 unspecified atom stereocenters. The Labute approximate surface area is 531 Å². The molecule has 0 radical (unpaired) electrons. The van der Waals surface area contributed by atoms with E-state index in [0.29, 0.717) is 36.8 Å². The summed E-state index contributed by atoms with van der Waals surface area (Å²) in [6.45, 7) is 4.82. The number of aromatic hydroxyl groups is 1. The van der Waals surface area contributed by atoms with Crippen LogP contribution in [0.2, 0.25) is 0 Å². The van der Waals surface area contributed by atoms with E-state index in [1.807, 2.05) is 0 Å². The lowest BCUT2D eigenvalue weighted by molar-refractivity contribution is -0.143. The van der Waals surface area contributed by atoms with Crippen LogP contribution < -0.4 is 76.5 Å². The predicted octanol–water partition coefficient (Wildman–Crippen LogP) is -4.49. The second-order valence-electron chi connectivity index (χ2n) is 22.5. The highest BCUT2D eigenvalue weighted by Crippen LogP contribution is 2.15. The third-order valence-corrected chi connectivity index (χ3v) is 14.1. The van der Waals surface area contributed by atoms with Gasteiger partial charge >= 0.3 is 17.9 Å². The summed E-state index contributed by atoms with van der Waals surface area (Å²) in [7, 11) is 0. The van der Waals surface area contributed by atoms with Crippen molar-refractivity contribution in [1.82, 2.24) is 47.9 Å². The first-order chi connectivity index (χ1) is 43.3. The summed E-state index contributed by atoms with van der Waals surface area (Å²) in [5, 5.41) is 71.0. The molecule has 2 rings (SSSR count). The van der Waals surface area contributed by atoms with Crippen LogP contribution in [0.25, 0.3) is 0 Å². The van der Waals surface area contributed by atoms with E-state index in [4.69, 9.17) is 28.7 Å². The maximum Gasteiger partial charge on any atom is 0.326 e. The van der Waals surface area contributed by atoms with Gasteiger partial charge in [-0.3, -0.25) is 62.3 Å². The van der Waals surface area contributed by atoms with Gasteiger partial charge in [-0.25, -0.2) is 4.79 Å². The number of aliphatic carboxylic acids is 3. The first-order valence-electron chi connectivity index (χ1n) is 30.0. The monoisotopic (exact) mass is 1300 g/mol. The SMILES string of the molecule is CC(C)C[C@H](NC(=O)[C@H](CCC(=O)O)NC(=O)[C@H](CCC(=O)O)NC(=O)[C@H](CC(N)=O)NC(=O)[C@H](CCCCN)NC(=O)[C@@H](N)Cc1ccccc1)C(=O)N[C@@H](Cc1ccc(O)cc1)C(=O)N[C@@H](CCC(N)=O)C(=O)N[C@H](C(=O)N[C@@H](CCCCN)C(=O)O)[C@@H](C)O. The number of carbonyl (C=O) groups excluding carboxylic acids is 11. The van der Waals surface area contributed by atoms with Crippen LogP contribution in [0.4, 0.5) is 0 Å². The standard InChI is InChI=1S/C59H90N14O19/c1-31(2)27-42(55(87)71-43(29-34-15-17-35(75)18-16-34)56(88)67-38(19-22-45(63)76)54(86)73-49(32(3)74)58(90)69-41(59(91)92)14-8-10-26-61)70-53(85)40(21-24-48(80)81)66-52(84)39(20-23-47(78)79)68-57(89)44(30-46(64)77)72-51(83)37(13-7-9-25-60)65-50(82)36(62)28-33-11-5-4-6-12-33/h4-6,11-12,15-18,31-32,36-44,49,74-75H,7-10,13-14,19-30,60-62H2,1-3H3,(H2,63,76)(H2,64,77)(H,65,82)(H,66,84)(H,67,88)(H,68,89)(H,69,90)(H,70,85)(H,71,87)(H,72,83)(H,73,86)(H,78,79)(H,80,81)(H,91,92)/t32-,36+,37+,38+,39+,40+,41+,42+,43+,44+,49+/m1/s1. The molecule has 0 aliphatic carbocycles. The average molecular weight is 1300 g/mol. The van der Waals surface area contributed by atoms with Crippen molar-refractivity contribution in [1.29, 1.82) is 0 Å². The zero-order chi connectivity index (χ0) is 69.2. The summed E-state index contributed by atoms with van der Waals surface area (Å²) in [4.78, 5) is 186. The van der Waals surface area contributed by atoms with E-state index < -0.39 is 207 Å². The molecule has 0 aliphatic heterocycles. The van der Waals surface area contributed by atoms with Crippen molar-refractivity contribution >= 4 is 82.9 Å². The number of phenolic OH excluding ortho intramolecular Hbond substituents is 1. The lowest BCUT2D eigenvalue weighted by Gasteiger charge is -2.29. The van der Waals surface area contributed by atoms with Crippen LogP contribution in [0.15, 0.2) is 54.6 Å². The number of phenols is 1. The fraction of sp³-hybridized carbons (Fsp3) is 0.559. The molecule has 92 heavy (non-hydrogen) atoms. The molecule has 0 fully saturated rings. The van der Waals surface area contributed by atoms with E-state index in [1.165, 1.54) is 24.3 Å². The predicted molar refractivity (Wildman–Crippen MR) is 328 cm³/mol. The van der Waals surface area contributed by atoms with Gasteiger partial charge in [0.2, 0.25) is 65.0 Å². The largest absolute Gasteiger partial charge is 0.508 e. The van der Waals surface area contributed by atoms with Crippen LogP contribution in [0.5, 0.6) is 5.75 Å². The second-order valence-corrected chi connectivity index (χ2v) is 22.5. The molecule has 33 nitrogen and oxygen atoms in total. The zero-order valence-electron chi connectivity index (χ0n) is 51.7. The molecule has 11 amide bonds. The Balaban J connectivity index is 2.55. The van der Waals surface area contributed by atoms with Gasteiger partial charge in [-0.1, -0.05) is 56.3 Å². The van der Waals surface area contributed by atoms with Crippen LogP contribution in [0.1, 0.15) is 122 Å². The summed E-state index contributed by atoms with van der Waals surface area (Å²) in [5.74, 6) is -17.1. The molecule has 0 saturated heterocycles. The Hall–Kier alpha value is -9.34. The van der Waals surface area contributed by atoms with Gasteiger partial charge in [-0.05, 0) is 120 Å². The quantitative estimate of drug-likeness (QED) is 0.0278. The highest BCUT2D eigenvalue weighted by atomic mass is 16.4. The third kappa shape index (κ3) is 30.4. The lowest BCUT2D eigenvalue weighted by atomic mass is 9.99. The topological polar surface area (TPSA) is 578 Å². The van der Waals surface area contributed by atoms with E-state index >= 15 is 0 Å². The summed E-state index contributed by atoms with van der Waals surface area (Å²) >= 11 is 0. The van der Waals surface area contributed by atoms with Gasteiger partial charge in [0.1, 0.15) is 60.1 Å². The molecule has 33 heteroatoms. The first-order valence-corrected chi connectivity index (χ1v) is 30.0. The summed E-state index contributed by atoms with van der Waals surface area (Å²) in [6.07, 6.45) is -5.84. The number of hydrogen-bond acceptors (Lipinski definition) is 19. The van der Waals surface area contributed by atoms with Crippen LogP contribution >= 0.6 is 0 Å². The number of carboxylic acids is 3. The Morgan fingerprint density at radius 1 is 0.424 bits per heavy atom. The number of amides is 11. The number of carboxylic acid groups (broad SMARTS) is 3. The van der Waals surface area contributed by atoms with Crippen molar-refractivity contribution in [2.75, 3.05) is 13.1 Å². The second kappa shape index (κ2) is 41.1. The third-order valence-electron chi connectivity index (χ3n) is 14.1. The number of hydrogen-bond donors (Lipinski definition) is 19. The van der Waals surface area contributed by atoms with Crippen molar-refractivity contribution in [2.45, 2.75) is 190 Å². The highest BCUT2D eigenvalue weighted by Gasteiger charge is 2.37. The van der Waals surface area contributed by atoms with Gasteiger partial charge in [0.15, 0.2) is 0 Å². The molecule has 24 N–H and O–H groups in total. The fourth-order valence-corrected chi connectivity index (χ4v) is 9.12. The molecule has 0 aliphatic rings. The van der Waals surface area contributed by atoms with Gasteiger partial charge in [0.05, 0.1) is 18.6 Å². The Kier molecular flexibility index (Phi) is 35.2. The number of aliphatic hydroxyl groups is 1. The Morgan fingerprint density at radius 2 is 0.815 bits per heavy atom. The summed E-state index contributed by atoms with van der Waals surface area (Å²) in [5.41, 5.74) is 29.2. The molecule has 0 heterocycles. The Bertz CT molecular complexity index is 2830. The fourth-order valence-electron chi connectivity index (χ4n) is 9.12. The number of rotatable bonds is 45. The lowest BCUT2D eigenvalue weighted by Crippen LogP contribution is -2.61. The molecule has 0 aromatic heterocycles. The van der Waals surface area contributed by atoms with E-state index in [2.05, 4.69) is 47.9 Å². The minimum Gasteiger partial charge on any atom is -0.508 e. The van der Waals surface area contributed by atoms with Crippen molar-refractivity contribution < 1.29 is 92.7 Å². The molecule has 11 atom stereocenters. The average Bonchev–Trinajstić information content (AvgIpc) is 0.945. The number of aliphatic hydroxyl groups excluding tert-OH is 1. The van der Waals surface area contributed by atoms with Gasteiger partial charge in [0, 0.05) is 25.7 Å². The van der Waals surface area contributed by atoms with Crippen molar-refractivity contribution in [3.63, 3.8) is 0 Å². The molecule has 2 aromatic rings. The molecule has 0 spiro atoms. The molecule has 2 aromatic carbocycles. The smallest absolute Gasteiger partial charge is 0.326 e. The van der Waals surface area contributed by atoms with E-state index in [1.54, 1.807) is 44.2 Å². The van der Waals surface area contributed by atoms with E-state index in [0.717, 1.165) is 6.92 Å². The van der Waals surface area contributed by atoms with E-state index in [-0.39, 0.29) is 44.5 Å². The van der Waals surface area contributed by atoms with Crippen molar-refractivity contribution in [3.05, 3.63) is 65.7 Å². The van der Waals surface area contributed by atoms with Gasteiger partial charge in [0.25, 0.3) is 0 Å². The summed E-state index contributed by atoms with van der Waals surface area (Å²) < 4.78 is 0. The van der Waals surface area contributed by atoms with Crippen molar-refractivity contribution in [2.24, 2.45) is 34.6 Å². The molecular formula is C59H90N14O19. The van der Waals surface area contributed by atoms with E-state index in [9.17, 15) is 92.7 Å². The molecular weight excluding hydrogens is 1210 g/mol.